The second-order valence-corrected chi connectivity index (χ2v) is 7.62. The molecule has 1 saturated heterocycles. The van der Waals surface area contributed by atoms with Crippen LogP contribution in [0.4, 0.5) is 0 Å². The van der Waals surface area contributed by atoms with Crippen molar-refractivity contribution in [1.82, 2.24) is 15.8 Å². The van der Waals surface area contributed by atoms with Crippen LogP contribution in [0.15, 0.2) is 36.0 Å². The van der Waals surface area contributed by atoms with Gasteiger partial charge in [-0.3, -0.25) is 9.59 Å². The lowest BCUT2D eigenvalue weighted by Crippen LogP contribution is -2.60. The van der Waals surface area contributed by atoms with Crippen LogP contribution in [-0.2, 0) is 14.3 Å². The second-order valence-electron chi connectivity index (χ2n) is 7.62. The molecule has 2 fully saturated rings. The summed E-state index contributed by atoms with van der Waals surface area (Å²) in [6.07, 6.45) is 1.70. The van der Waals surface area contributed by atoms with Gasteiger partial charge in [0.15, 0.2) is 0 Å². The highest BCUT2D eigenvalue weighted by molar-refractivity contribution is 5.97. The van der Waals surface area contributed by atoms with Crippen molar-refractivity contribution in [3.05, 3.63) is 41.6 Å². The van der Waals surface area contributed by atoms with Gasteiger partial charge in [-0.15, -0.1) is 0 Å². The molecule has 8 nitrogen and oxygen atoms in total. The predicted octanol–water partition coefficient (Wildman–Crippen LogP) is 0.323. The Morgan fingerprint density at radius 1 is 1.36 bits per heavy atom. The molecule has 0 radical (unpaired) electrons. The van der Waals surface area contributed by atoms with Gasteiger partial charge >= 0.3 is 0 Å². The molecular formula is C20H26N4O4. The van der Waals surface area contributed by atoms with E-state index in [-0.39, 0.29) is 29.7 Å². The van der Waals surface area contributed by atoms with Gasteiger partial charge in [0.05, 0.1) is 26.4 Å². The molecule has 1 aromatic carbocycles. The number of hydrogen-bond donors (Lipinski definition) is 3. The largest absolute Gasteiger partial charge is 0.496 e. The number of fused-ring (bicyclic) bond motifs is 1. The third-order valence-electron chi connectivity index (χ3n) is 6.31. The van der Waals surface area contributed by atoms with Gasteiger partial charge < -0.3 is 25.9 Å². The lowest BCUT2D eigenvalue weighted by Gasteiger charge is -2.40. The first-order valence-corrected chi connectivity index (χ1v) is 9.47. The number of para-hydroxylation sites is 1. The molecule has 2 aliphatic heterocycles. The van der Waals surface area contributed by atoms with Crippen molar-refractivity contribution in [2.75, 3.05) is 27.4 Å². The number of ether oxygens (including phenoxy) is 2. The number of carbonyl (C=O) groups is 2. The molecule has 0 bridgehead atoms. The summed E-state index contributed by atoms with van der Waals surface area (Å²) < 4.78 is 11.0. The average Bonchev–Trinajstić information content (AvgIpc) is 3.07. The van der Waals surface area contributed by atoms with E-state index in [9.17, 15) is 9.59 Å². The quantitative estimate of drug-likeness (QED) is 0.650. The highest BCUT2D eigenvalue weighted by atomic mass is 16.5. The van der Waals surface area contributed by atoms with Gasteiger partial charge in [0.1, 0.15) is 17.0 Å². The van der Waals surface area contributed by atoms with Gasteiger partial charge in [-0.05, 0) is 30.9 Å². The molecule has 1 saturated carbocycles. The van der Waals surface area contributed by atoms with Crippen LogP contribution in [-0.4, -0.2) is 49.7 Å². The van der Waals surface area contributed by atoms with E-state index in [1.54, 1.807) is 20.2 Å². The Morgan fingerprint density at radius 3 is 2.64 bits per heavy atom. The topological polar surface area (TPSA) is 106 Å². The molecule has 150 valence electrons. The highest BCUT2D eigenvalue weighted by Crippen LogP contribution is 2.60. The van der Waals surface area contributed by atoms with Crippen LogP contribution in [0.3, 0.4) is 0 Å². The summed E-state index contributed by atoms with van der Waals surface area (Å²) in [5, 5.41) is 4.44. The molecule has 1 aliphatic carbocycles. The first kappa shape index (κ1) is 18.8. The minimum atomic E-state index is -1.11. The summed E-state index contributed by atoms with van der Waals surface area (Å²) in [7, 11) is 3.17. The first-order chi connectivity index (χ1) is 13.5. The molecule has 0 aromatic heterocycles. The second kappa shape index (κ2) is 6.79. The number of nitrogens with zero attached hydrogens (tertiary/aromatic N) is 1. The number of hydrazine groups is 1. The van der Waals surface area contributed by atoms with E-state index in [2.05, 4.69) is 10.7 Å². The third-order valence-corrected chi connectivity index (χ3v) is 6.31. The van der Waals surface area contributed by atoms with E-state index in [0.717, 1.165) is 5.56 Å². The number of rotatable bonds is 6. The maximum absolute atomic E-state index is 12.9. The maximum atomic E-state index is 12.9. The van der Waals surface area contributed by atoms with Crippen LogP contribution in [0.1, 0.15) is 18.5 Å². The summed E-state index contributed by atoms with van der Waals surface area (Å²) in [6.45, 7) is 3.20. The number of likely N-dealkylation sites (N-methyl/N-ethyl adjacent to an activating group) is 1. The smallest absolute Gasteiger partial charge is 0.268 e. The first-order valence-electron chi connectivity index (χ1n) is 9.47. The molecule has 8 heteroatoms. The number of hydrogen-bond acceptors (Lipinski definition) is 6. The molecular weight excluding hydrogens is 360 g/mol. The SMILES string of the molecule is CNC(=O)C1=CC(C(N)=O)(C2[C@H]3COC[C@@H]23)N([C@@H](C)c2ccccc2OC)N1. The Bertz CT molecular complexity index is 831. The maximum Gasteiger partial charge on any atom is 0.268 e. The van der Waals surface area contributed by atoms with Gasteiger partial charge in [-0.2, -0.15) is 5.01 Å². The van der Waals surface area contributed by atoms with Gasteiger partial charge in [0, 0.05) is 18.5 Å². The number of methoxy groups -OCH3 is 1. The summed E-state index contributed by atoms with van der Waals surface area (Å²) in [5.41, 5.74) is 9.27. The van der Waals surface area contributed by atoms with Crippen LogP contribution in [0.25, 0.3) is 0 Å². The normalized spacial score (nSPS) is 32.1. The lowest BCUT2D eigenvalue weighted by molar-refractivity contribution is -0.132. The molecule has 3 aliphatic rings. The van der Waals surface area contributed by atoms with Crippen molar-refractivity contribution in [3.63, 3.8) is 0 Å². The number of nitrogens with two attached hydrogens (primary N) is 1. The van der Waals surface area contributed by atoms with Gasteiger partial charge in [0.25, 0.3) is 5.91 Å². The van der Waals surface area contributed by atoms with Crippen molar-refractivity contribution in [2.24, 2.45) is 23.5 Å². The van der Waals surface area contributed by atoms with Crippen LogP contribution < -0.4 is 21.2 Å². The molecule has 2 heterocycles. The molecule has 1 aromatic rings. The van der Waals surface area contributed by atoms with Crippen molar-refractivity contribution in [2.45, 2.75) is 18.5 Å². The molecule has 0 spiro atoms. The van der Waals surface area contributed by atoms with Crippen LogP contribution in [0.5, 0.6) is 5.75 Å². The predicted molar refractivity (Wildman–Crippen MR) is 102 cm³/mol. The van der Waals surface area contributed by atoms with Gasteiger partial charge in [-0.25, -0.2) is 0 Å². The number of primary amides is 1. The van der Waals surface area contributed by atoms with E-state index < -0.39 is 11.4 Å². The average molecular weight is 386 g/mol. The fraction of sp³-hybridized carbons (Fsp3) is 0.500. The number of nitrogens with one attached hydrogen (secondary N) is 2. The lowest BCUT2D eigenvalue weighted by atomic mass is 9.86. The van der Waals surface area contributed by atoms with Crippen molar-refractivity contribution in [1.29, 1.82) is 0 Å². The summed E-state index contributed by atoms with van der Waals surface area (Å²) in [4.78, 5) is 25.3. The van der Waals surface area contributed by atoms with Gasteiger partial charge in [-0.1, -0.05) is 18.2 Å². The molecule has 4 rings (SSSR count). The summed E-state index contributed by atoms with van der Waals surface area (Å²) in [6, 6.07) is 7.37. The number of benzene rings is 1. The zero-order chi connectivity index (χ0) is 20.1. The van der Waals surface area contributed by atoms with E-state index >= 15 is 0 Å². The third kappa shape index (κ3) is 2.59. The Morgan fingerprint density at radius 2 is 2.04 bits per heavy atom. The van der Waals surface area contributed by atoms with Crippen LogP contribution in [0, 0.1) is 17.8 Å². The standard InChI is InChI=1S/C20H26N4O4/c1-11(12-6-4-5-7-16(12)27-3)24-20(19(21)26,8-15(23-24)18(25)22-2)17-13-9-28-10-14(13)17/h4-8,11,13-14,17,23H,9-10H2,1-3H3,(H2,21,26)(H,22,25)/t11-,13-,14+,17?,20?/m0/s1. The van der Waals surface area contributed by atoms with E-state index in [4.69, 9.17) is 15.2 Å². The van der Waals surface area contributed by atoms with Crippen molar-refractivity contribution >= 4 is 11.8 Å². The summed E-state index contributed by atoms with van der Waals surface area (Å²) >= 11 is 0. The van der Waals surface area contributed by atoms with E-state index in [1.807, 2.05) is 36.2 Å². The van der Waals surface area contributed by atoms with Crippen molar-refractivity contribution in [3.8, 4) is 5.75 Å². The Balaban J connectivity index is 1.78. The molecule has 2 unspecified atom stereocenters. The fourth-order valence-electron chi connectivity index (χ4n) is 4.87. The van der Waals surface area contributed by atoms with E-state index in [1.165, 1.54) is 0 Å². The van der Waals surface area contributed by atoms with Crippen molar-refractivity contribution < 1.29 is 19.1 Å². The number of carbonyl (C=O) groups excluding carboxylic acids is 2. The minimum absolute atomic E-state index is 0.00515. The fourth-order valence-corrected chi connectivity index (χ4v) is 4.87. The molecule has 2 amide bonds. The van der Waals surface area contributed by atoms with Crippen LogP contribution in [0.2, 0.25) is 0 Å². The minimum Gasteiger partial charge on any atom is -0.496 e. The zero-order valence-electron chi connectivity index (χ0n) is 16.3. The molecule has 28 heavy (non-hydrogen) atoms. The van der Waals surface area contributed by atoms with E-state index in [0.29, 0.717) is 24.7 Å². The highest BCUT2D eigenvalue weighted by Gasteiger charge is 2.69. The number of amides is 2. The zero-order valence-corrected chi connectivity index (χ0v) is 16.3. The van der Waals surface area contributed by atoms with Gasteiger partial charge in [0.2, 0.25) is 5.91 Å². The molecule has 5 atom stereocenters. The monoisotopic (exact) mass is 386 g/mol. The molecule has 4 N–H and O–H groups in total. The Hall–Kier alpha value is -2.58. The van der Waals surface area contributed by atoms with Crippen LogP contribution >= 0.6 is 0 Å². The summed E-state index contributed by atoms with van der Waals surface area (Å²) in [5.74, 6) is 0.486. The Labute approximate surface area is 164 Å². The Kier molecular flexibility index (Phi) is 4.55.